The Balaban J connectivity index is 1.78. The molecule has 3 N–H and O–H groups in total. The predicted molar refractivity (Wildman–Crippen MR) is 105 cm³/mol. The molecular weight excluding hydrogens is 296 g/mol. The van der Waals surface area contributed by atoms with Gasteiger partial charge in [-0.3, -0.25) is 4.99 Å². The summed E-state index contributed by atoms with van der Waals surface area (Å²) in [5.41, 5.74) is 8.44. The molecule has 1 heterocycles. The fourth-order valence-electron chi connectivity index (χ4n) is 3.25. The van der Waals surface area contributed by atoms with Crippen molar-refractivity contribution in [1.29, 1.82) is 0 Å². The highest BCUT2D eigenvalue weighted by Gasteiger charge is 2.18. The quantitative estimate of drug-likeness (QED) is 0.586. The van der Waals surface area contributed by atoms with Crippen molar-refractivity contribution in [3.05, 3.63) is 29.8 Å². The molecule has 2 rings (SSSR count). The Bertz CT molecular complexity index is 501. The third-order valence-electron chi connectivity index (χ3n) is 5.13. The molecule has 0 aromatic heterocycles. The molecule has 1 aliphatic heterocycles. The van der Waals surface area contributed by atoms with E-state index in [0.717, 1.165) is 18.7 Å². The van der Waals surface area contributed by atoms with E-state index >= 15 is 0 Å². The predicted octanol–water partition coefficient (Wildman–Crippen LogP) is 4.05. The second-order valence-electron chi connectivity index (χ2n) is 7.07. The number of hydrogen-bond donors (Lipinski definition) is 2. The van der Waals surface area contributed by atoms with Gasteiger partial charge in [0.15, 0.2) is 5.96 Å². The lowest BCUT2D eigenvalue weighted by molar-refractivity contribution is 0.188. The van der Waals surface area contributed by atoms with Crippen LogP contribution in [0.3, 0.4) is 0 Å². The highest BCUT2D eigenvalue weighted by molar-refractivity contribution is 5.92. The third kappa shape index (κ3) is 5.82. The molecule has 1 fully saturated rings. The zero-order valence-electron chi connectivity index (χ0n) is 15.6. The van der Waals surface area contributed by atoms with Gasteiger partial charge in [0.25, 0.3) is 0 Å². The molecule has 1 aromatic rings. The number of guanidine groups is 1. The summed E-state index contributed by atoms with van der Waals surface area (Å²) >= 11 is 0. The summed E-state index contributed by atoms with van der Waals surface area (Å²) in [4.78, 5) is 7.11. The van der Waals surface area contributed by atoms with Crippen molar-refractivity contribution >= 4 is 11.6 Å². The van der Waals surface area contributed by atoms with E-state index in [2.05, 4.69) is 60.2 Å². The van der Waals surface area contributed by atoms with Gasteiger partial charge in [0.05, 0.1) is 0 Å². The summed E-state index contributed by atoms with van der Waals surface area (Å²) in [5, 5.41) is 3.21. The molecule has 0 saturated carbocycles. The van der Waals surface area contributed by atoms with Crippen LogP contribution >= 0.6 is 0 Å². The monoisotopic (exact) mass is 330 g/mol. The van der Waals surface area contributed by atoms with E-state index in [0.29, 0.717) is 17.8 Å². The largest absolute Gasteiger partial charge is 0.370 e. The summed E-state index contributed by atoms with van der Waals surface area (Å²) in [5.74, 6) is 1.80. The van der Waals surface area contributed by atoms with Crippen molar-refractivity contribution < 1.29 is 0 Å². The van der Waals surface area contributed by atoms with Crippen molar-refractivity contribution in [3.63, 3.8) is 0 Å². The van der Waals surface area contributed by atoms with Gasteiger partial charge in [-0.2, -0.15) is 0 Å². The molecule has 1 saturated heterocycles. The number of rotatable bonds is 7. The van der Waals surface area contributed by atoms with E-state index in [1.807, 2.05) is 0 Å². The second-order valence-corrected chi connectivity index (χ2v) is 7.07. The second kappa shape index (κ2) is 9.67. The van der Waals surface area contributed by atoms with Crippen LogP contribution in [0.2, 0.25) is 0 Å². The van der Waals surface area contributed by atoms with E-state index in [-0.39, 0.29) is 0 Å². The fraction of sp³-hybridized carbons (Fsp3) is 0.650. The zero-order valence-corrected chi connectivity index (χ0v) is 15.6. The molecule has 1 aliphatic rings. The van der Waals surface area contributed by atoms with Crippen LogP contribution in [-0.4, -0.2) is 37.0 Å². The van der Waals surface area contributed by atoms with Gasteiger partial charge in [-0.25, -0.2) is 0 Å². The lowest BCUT2D eigenvalue weighted by Crippen LogP contribution is -2.35. The van der Waals surface area contributed by atoms with Gasteiger partial charge in [0.2, 0.25) is 0 Å². The average Bonchev–Trinajstić information content (AvgIpc) is 2.61. The van der Waals surface area contributed by atoms with Crippen LogP contribution in [0.4, 0.5) is 5.69 Å². The number of aliphatic imine (C=N–C) groups is 1. The van der Waals surface area contributed by atoms with Crippen LogP contribution in [0.1, 0.15) is 57.9 Å². The third-order valence-corrected chi connectivity index (χ3v) is 5.13. The molecule has 0 radical (unpaired) electrons. The molecule has 0 amide bonds. The van der Waals surface area contributed by atoms with Gasteiger partial charge in [0.1, 0.15) is 0 Å². The number of likely N-dealkylation sites (tertiary alicyclic amines) is 1. The Labute approximate surface area is 147 Å². The molecule has 4 heteroatoms. The Morgan fingerprint density at radius 1 is 1.25 bits per heavy atom. The van der Waals surface area contributed by atoms with E-state index < -0.39 is 0 Å². The number of nitrogens with one attached hydrogen (secondary N) is 1. The van der Waals surface area contributed by atoms with Gasteiger partial charge in [-0.1, -0.05) is 32.9 Å². The molecule has 1 aromatic carbocycles. The summed E-state index contributed by atoms with van der Waals surface area (Å²) < 4.78 is 0. The van der Waals surface area contributed by atoms with Crippen LogP contribution < -0.4 is 11.1 Å². The maximum Gasteiger partial charge on any atom is 0.193 e. The molecule has 1 atom stereocenters. The van der Waals surface area contributed by atoms with E-state index in [1.54, 1.807) is 0 Å². The fourth-order valence-corrected chi connectivity index (χ4v) is 3.25. The van der Waals surface area contributed by atoms with Gasteiger partial charge >= 0.3 is 0 Å². The van der Waals surface area contributed by atoms with Crippen LogP contribution in [0, 0.1) is 5.92 Å². The normalized spacial score (nSPS) is 18.5. The van der Waals surface area contributed by atoms with E-state index in [1.165, 1.54) is 44.5 Å². The molecular formula is C20H34N4. The van der Waals surface area contributed by atoms with Crippen LogP contribution in [-0.2, 0) is 0 Å². The minimum absolute atomic E-state index is 0.530. The topological polar surface area (TPSA) is 53.6 Å². The molecule has 4 nitrogen and oxygen atoms in total. The minimum atomic E-state index is 0.530. The number of nitrogens with two attached hydrogens (primary N) is 1. The van der Waals surface area contributed by atoms with Crippen molar-refractivity contribution in [2.24, 2.45) is 16.6 Å². The maximum atomic E-state index is 6.05. The Hall–Kier alpha value is -1.55. The number of nitrogens with zero attached hydrogens (tertiary/aromatic N) is 2. The lowest BCUT2D eigenvalue weighted by atomic mass is 9.97. The number of anilines is 1. The van der Waals surface area contributed by atoms with Gasteiger partial charge in [0, 0.05) is 12.2 Å². The van der Waals surface area contributed by atoms with Crippen molar-refractivity contribution in [2.45, 2.75) is 52.4 Å². The molecule has 0 aliphatic carbocycles. The average molecular weight is 331 g/mol. The summed E-state index contributed by atoms with van der Waals surface area (Å²) in [6, 6.07) is 8.53. The molecule has 0 spiro atoms. The van der Waals surface area contributed by atoms with Crippen LogP contribution in [0.5, 0.6) is 0 Å². The standard InChI is InChI=1S/C20H34N4/c1-4-12-24-13-10-17(11-14-24)15-22-20(21)23-19-8-6-18(7-9-19)16(3)5-2/h6-9,16-17H,4-5,10-15H2,1-3H3,(H3,21,22,23). The summed E-state index contributed by atoms with van der Waals surface area (Å²) in [6.45, 7) is 11.2. The first-order valence-electron chi connectivity index (χ1n) is 9.51. The first-order valence-corrected chi connectivity index (χ1v) is 9.51. The molecule has 24 heavy (non-hydrogen) atoms. The van der Waals surface area contributed by atoms with Gasteiger partial charge in [-0.15, -0.1) is 0 Å². The lowest BCUT2D eigenvalue weighted by Gasteiger charge is -2.30. The van der Waals surface area contributed by atoms with Crippen LogP contribution in [0.15, 0.2) is 29.3 Å². The molecule has 1 unspecified atom stereocenters. The first-order chi connectivity index (χ1) is 11.6. The minimum Gasteiger partial charge on any atom is -0.370 e. The maximum absolute atomic E-state index is 6.05. The summed E-state index contributed by atoms with van der Waals surface area (Å²) in [6.07, 6.45) is 4.88. The van der Waals surface area contributed by atoms with E-state index in [9.17, 15) is 0 Å². The first kappa shape index (κ1) is 18.8. The van der Waals surface area contributed by atoms with Crippen molar-refractivity contribution in [1.82, 2.24) is 4.90 Å². The highest BCUT2D eigenvalue weighted by Crippen LogP contribution is 2.20. The number of hydrogen-bond acceptors (Lipinski definition) is 2. The Kier molecular flexibility index (Phi) is 7.57. The van der Waals surface area contributed by atoms with Crippen LogP contribution in [0.25, 0.3) is 0 Å². The SMILES string of the molecule is CCCN1CCC(CN=C(N)Nc2ccc(C(C)CC)cc2)CC1. The number of benzene rings is 1. The molecule has 0 bridgehead atoms. The highest BCUT2D eigenvalue weighted by atomic mass is 15.1. The van der Waals surface area contributed by atoms with Crippen molar-refractivity contribution in [2.75, 3.05) is 31.5 Å². The van der Waals surface area contributed by atoms with Gasteiger partial charge < -0.3 is 16.0 Å². The zero-order chi connectivity index (χ0) is 17.4. The molecule has 134 valence electrons. The van der Waals surface area contributed by atoms with Gasteiger partial charge in [-0.05, 0) is 74.8 Å². The van der Waals surface area contributed by atoms with E-state index in [4.69, 9.17) is 5.73 Å². The number of piperidine rings is 1. The Morgan fingerprint density at radius 3 is 2.50 bits per heavy atom. The smallest absolute Gasteiger partial charge is 0.193 e. The van der Waals surface area contributed by atoms with Crippen molar-refractivity contribution in [3.8, 4) is 0 Å². The summed E-state index contributed by atoms with van der Waals surface area (Å²) in [7, 11) is 0. The Morgan fingerprint density at radius 2 is 1.92 bits per heavy atom.